The van der Waals surface area contributed by atoms with Crippen molar-refractivity contribution in [3.63, 3.8) is 0 Å². The molecule has 0 bridgehead atoms. The standard InChI is InChI=1S/C12H21N3O2/c1-5-6-13-7-9(2)8-15-10(16)12(3,4)14-11(15)17/h13H,2,5-8H2,1,3-4H3,(H,14,17). The van der Waals surface area contributed by atoms with Crippen molar-refractivity contribution >= 4 is 11.9 Å². The second kappa shape index (κ2) is 5.31. The second-order valence-corrected chi connectivity index (χ2v) is 4.87. The Morgan fingerprint density at radius 3 is 2.59 bits per heavy atom. The summed E-state index contributed by atoms with van der Waals surface area (Å²) < 4.78 is 0. The van der Waals surface area contributed by atoms with Crippen molar-refractivity contribution in [3.8, 4) is 0 Å². The lowest BCUT2D eigenvalue weighted by Gasteiger charge is -2.17. The third-order valence-electron chi connectivity index (χ3n) is 2.63. The third kappa shape index (κ3) is 3.30. The minimum absolute atomic E-state index is 0.195. The van der Waals surface area contributed by atoms with Gasteiger partial charge in [0.25, 0.3) is 5.91 Å². The zero-order chi connectivity index (χ0) is 13.1. The molecule has 1 fully saturated rings. The Morgan fingerprint density at radius 1 is 1.47 bits per heavy atom. The first-order valence-corrected chi connectivity index (χ1v) is 5.90. The lowest BCUT2D eigenvalue weighted by Crippen LogP contribution is -2.40. The molecule has 96 valence electrons. The van der Waals surface area contributed by atoms with Crippen molar-refractivity contribution in [2.75, 3.05) is 19.6 Å². The van der Waals surface area contributed by atoms with Gasteiger partial charge in [0.1, 0.15) is 5.54 Å². The molecule has 0 aromatic rings. The molecule has 0 aliphatic carbocycles. The van der Waals surface area contributed by atoms with E-state index in [9.17, 15) is 9.59 Å². The first-order valence-electron chi connectivity index (χ1n) is 5.90. The van der Waals surface area contributed by atoms with Crippen LogP contribution in [-0.4, -0.2) is 42.0 Å². The summed E-state index contributed by atoms with van der Waals surface area (Å²) in [4.78, 5) is 24.7. The van der Waals surface area contributed by atoms with E-state index >= 15 is 0 Å². The normalized spacial score (nSPS) is 18.4. The molecule has 1 aliphatic rings. The van der Waals surface area contributed by atoms with Crippen LogP contribution in [0.25, 0.3) is 0 Å². The maximum absolute atomic E-state index is 11.9. The van der Waals surface area contributed by atoms with Gasteiger partial charge in [-0.25, -0.2) is 4.79 Å². The summed E-state index contributed by atoms with van der Waals surface area (Å²) in [5, 5.41) is 5.83. The molecule has 17 heavy (non-hydrogen) atoms. The number of amides is 3. The van der Waals surface area contributed by atoms with Crippen LogP contribution in [0.3, 0.4) is 0 Å². The summed E-state index contributed by atoms with van der Waals surface area (Å²) in [5.74, 6) is -0.195. The molecule has 1 saturated heterocycles. The fourth-order valence-corrected chi connectivity index (χ4v) is 1.68. The second-order valence-electron chi connectivity index (χ2n) is 4.87. The van der Waals surface area contributed by atoms with E-state index in [1.54, 1.807) is 13.8 Å². The summed E-state index contributed by atoms with van der Waals surface area (Å²) in [6, 6.07) is -0.336. The van der Waals surface area contributed by atoms with Gasteiger partial charge < -0.3 is 10.6 Å². The van der Waals surface area contributed by atoms with Gasteiger partial charge in [-0.05, 0) is 32.4 Å². The molecular weight excluding hydrogens is 218 g/mol. The predicted octanol–water partition coefficient (Wildman–Crippen LogP) is 0.873. The van der Waals surface area contributed by atoms with Crippen molar-refractivity contribution in [1.29, 1.82) is 0 Å². The number of hydrogen-bond donors (Lipinski definition) is 2. The van der Waals surface area contributed by atoms with Gasteiger partial charge in [-0.2, -0.15) is 0 Å². The highest BCUT2D eigenvalue weighted by atomic mass is 16.2. The Hall–Kier alpha value is -1.36. The Bertz CT molecular complexity index is 337. The monoisotopic (exact) mass is 239 g/mol. The number of nitrogens with zero attached hydrogens (tertiary/aromatic N) is 1. The molecule has 3 amide bonds. The highest BCUT2D eigenvalue weighted by molar-refractivity contribution is 6.06. The van der Waals surface area contributed by atoms with E-state index in [1.807, 2.05) is 0 Å². The van der Waals surface area contributed by atoms with Crippen molar-refractivity contribution in [3.05, 3.63) is 12.2 Å². The van der Waals surface area contributed by atoms with Crippen LogP contribution in [0, 0.1) is 0 Å². The van der Waals surface area contributed by atoms with Crippen molar-refractivity contribution in [2.24, 2.45) is 0 Å². The van der Waals surface area contributed by atoms with Crippen molar-refractivity contribution in [2.45, 2.75) is 32.7 Å². The zero-order valence-electron chi connectivity index (χ0n) is 10.8. The van der Waals surface area contributed by atoms with Gasteiger partial charge in [-0.3, -0.25) is 9.69 Å². The van der Waals surface area contributed by atoms with E-state index in [-0.39, 0.29) is 18.5 Å². The molecule has 0 atom stereocenters. The smallest absolute Gasteiger partial charge is 0.324 e. The van der Waals surface area contributed by atoms with E-state index < -0.39 is 5.54 Å². The molecule has 0 unspecified atom stereocenters. The van der Waals surface area contributed by atoms with Crippen LogP contribution in [0.15, 0.2) is 12.2 Å². The van der Waals surface area contributed by atoms with E-state index in [0.29, 0.717) is 6.54 Å². The number of urea groups is 1. The molecule has 5 heteroatoms. The van der Waals surface area contributed by atoms with Gasteiger partial charge >= 0.3 is 6.03 Å². The minimum atomic E-state index is -0.797. The lowest BCUT2D eigenvalue weighted by molar-refractivity contribution is -0.129. The lowest BCUT2D eigenvalue weighted by atomic mass is 10.1. The molecule has 0 aromatic heterocycles. The van der Waals surface area contributed by atoms with Gasteiger partial charge in [0.15, 0.2) is 0 Å². The summed E-state index contributed by atoms with van der Waals surface area (Å²) in [6.45, 7) is 11.2. The van der Waals surface area contributed by atoms with Crippen LogP contribution in [0.5, 0.6) is 0 Å². The molecule has 0 aromatic carbocycles. The highest BCUT2D eigenvalue weighted by Crippen LogP contribution is 2.17. The van der Waals surface area contributed by atoms with Crippen molar-refractivity contribution in [1.82, 2.24) is 15.5 Å². The highest BCUT2D eigenvalue weighted by Gasteiger charge is 2.44. The molecule has 0 saturated carbocycles. The Balaban J connectivity index is 2.49. The van der Waals surface area contributed by atoms with Gasteiger partial charge in [0, 0.05) is 6.54 Å². The van der Waals surface area contributed by atoms with Gasteiger partial charge in [0.2, 0.25) is 0 Å². The van der Waals surface area contributed by atoms with Gasteiger partial charge in [-0.15, -0.1) is 0 Å². The largest absolute Gasteiger partial charge is 0.325 e. The molecule has 0 radical (unpaired) electrons. The number of nitrogens with one attached hydrogen (secondary N) is 2. The van der Waals surface area contributed by atoms with E-state index in [2.05, 4.69) is 24.1 Å². The van der Waals surface area contributed by atoms with Crippen LogP contribution in [0.1, 0.15) is 27.2 Å². The Labute approximate surface area is 102 Å². The quantitative estimate of drug-likeness (QED) is 0.411. The zero-order valence-corrected chi connectivity index (χ0v) is 10.8. The Kier molecular flexibility index (Phi) is 4.28. The van der Waals surface area contributed by atoms with Crippen LogP contribution < -0.4 is 10.6 Å². The van der Waals surface area contributed by atoms with Crippen molar-refractivity contribution < 1.29 is 9.59 Å². The molecule has 1 rings (SSSR count). The maximum Gasteiger partial charge on any atom is 0.325 e. The van der Waals surface area contributed by atoms with Gasteiger partial charge in [0.05, 0.1) is 6.54 Å². The Morgan fingerprint density at radius 2 is 2.12 bits per heavy atom. The topological polar surface area (TPSA) is 61.4 Å². The van der Waals surface area contributed by atoms with Crippen LogP contribution in [0.4, 0.5) is 4.79 Å². The average Bonchev–Trinajstić information content (AvgIpc) is 2.41. The summed E-state index contributed by atoms with van der Waals surface area (Å²) in [7, 11) is 0. The summed E-state index contributed by atoms with van der Waals surface area (Å²) >= 11 is 0. The third-order valence-corrected chi connectivity index (χ3v) is 2.63. The van der Waals surface area contributed by atoms with E-state index in [0.717, 1.165) is 18.5 Å². The van der Waals surface area contributed by atoms with E-state index in [4.69, 9.17) is 0 Å². The SMILES string of the molecule is C=C(CNCCC)CN1C(=O)NC(C)(C)C1=O. The molecule has 1 heterocycles. The number of hydrogen-bond acceptors (Lipinski definition) is 3. The van der Waals surface area contributed by atoms with E-state index in [1.165, 1.54) is 4.90 Å². The number of imide groups is 1. The number of carbonyl (C=O) groups is 2. The average molecular weight is 239 g/mol. The summed E-state index contributed by atoms with van der Waals surface area (Å²) in [5.41, 5.74) is 0.0356. The fraction of sp³-hybridized carbons (Fsp3) is 0.667. The molecule has 5 nitrogen and oxygen atoms in total. The van der Waals surface area contributed by atoms with Crippen LogP contribution in [0.2, 0.25) is 0 Å². The predicted molar refractivity (Wildman–Crippen MR) is 66.6 cm³/mol. The molecule has 2 N–H and O–H groups in total. The molecular formula is C12H21N3O2. The fourth-order valence-electron chi connectivity index (χ4n) is 1.68. The molecule has 0 spiro atoms. The summed E-state index contributed by atoms with van der Waals surface area (Å²) in [6.07, 6.45) is 1.05. The van der Waals surface area contributed by atoms with Gasteiger partial charge in [-0.1, -0.05) is 13.5 Å². The van der Waals surface area contributed by atoms with Crippen LogP contribution >= 0.6 is 0 Å². The first kappa shape index (κ1) is 13.7. The first-order chi connectivity index (χ1) is 7.88. The number of rotatable bonds is 6. The van der Waals surface area contributed by atoms with Crippen LogP contribution in [-0.2, 0) is 4.79 Å². The maximum atomic E-state index is 11.9. The number of carbonyl (C=O) groups excluding carboxylic acids is 2. The minimum Gasteiger partial charge on any atom is -0.324 e. The molecule has 1 aliphatic heterocycles.